The predicted octanol–water partition coefficient (Wildman–Crippen LogP) is 1.81. The van der Waals surface area contributed by atoms with Crippen LogP contribution in [0.2, 0.25) is 0 Å². The maximum absolute atomic E-state index is 9.72. The molecule has 1 aromatic rings. The van der Waals surface area contributed by atoms with Crippen molar-refractivity contribution >= 4 is 21.6 Å². The van der Waals surface area contributed by atoms with Crippen molar-refractivity contribution in [3.63, 3.8) is 0 Å². The van der Waals surface area contributed by atoms with E-state index in [1.54, 1.807) is 0 Å². The Kier molecular flexibility index (Phi) is 3.14. The predicted molar refractivity (Wildman–Crippen MR) is 62.0 cm³/mol. The Hall–Kier alpha value is -0.780. The Morgan fingerprint density at radius 2 is 2.27 bits per heavy atom. The van der Waals surface area contributed by atoms with Crippen LogP contribution in [0.4, 0.5) is 5.69 Å². The summed E-state index contributed by atoms with van der Waals surface area (Å²) in [4.78, 5) is 4.80. The molecule has 0 bridgehead atoms. The molecule has 0 unspecified atom stereocenters. The van der Waals surface area contributed by atoms with Crippen LogP contribution < -0.4 is 10.8 Å². The van der Waals surface area contributed by atoms with E-state index in [1.165, 1.54) is 12.7 Å². The Balaban J connectivity index is 2.31. The van der Waals surface area contributed by atoms with Crippen LogP contribution in [-0.2, 0) is 4.84 Å². The quantitative estimate of drug-likeness (QED) is 0.581. The molecule has 0 radical (unpaired) electrons. The van der Waals surface area contributed by atoms with Crippen molar-refractivity contribution in [1.29, 1.82) is 0 Å². The van der Waals surface area contributed by atoms with Crippen LogP contribution >= 0.6 is 15.9 Å². The number of aromatic hydroxyl groups is 1. The molecule has 5 heteroatoms. The van der Waals surface area contributed by atoms with Gasteiger partial charge in [-0.3, -0.25) is 10.3 Å². The van der Waals surface area contributed by atoms with Gasteiger partial charge in [-0.1, -0.05) is 0 Å². The van der Waals surface area contributed by atoms with Crippen molar-refractivity contribution in [1.82, 2.24) is 5.32 Å². The standard InChI is InChI=1S/C10H13BrN2O2/c1-15-13-9-3-6(7-4-12-5-7)2-8(11)10(9)14/h2-3,7,12-14H,4-5H2,1H3. The van der Waals surface area contributed by atoms with E-state index in [2.05, 4.69) is 26.7 Å². The van der Waals surface area contributed by atoms with Crippen LogP contribution in [0, 0.1) is 0 Å². The Bertz CT molecular complexity index is 367. The number of phenols is 1. The van der Waals surface area contributed by atoms with Crippen LogP contribution in [0.5, 0.6) is 5.75 Å². The second-order valence-electron chi connectivity index (χ2n) is 3.56. The lowest BCUT2D eigenvalue weighted by Crippen LogP contribution is -2.39. The largest absolute Gasteiger partial charge is 0.505 e. The topological polar surface area (TPSA) is 53.5 Å². The van der Waals surface area contributed by atoms with Gasteiger partial charge in [-0.25, -0.2) is 0 Å². The monoisotopic (exact) mass is 272 g/mol. The molecule has 0 amide bonds. The van der Waals surface area contributed by atoms with Gasteiger partial charge in [0.1, 0.15) is 5.69 Å². The second-order valence-corrected chi connectivity index (χ2v) is 4.41. The Morgan fingerprint density at radius 3 is 2.80 bits per heavy atom. The van der Waals surface area contributed by atoms with E-state index in [0.717, 1.165) is 13.1 Å². The van der Waals surface area contributed by atoms with Crippen molar-refractivity contribution in [2.75, 3.05) is 25.7 Å². The molecular weight excluding hydrogens is 260 g/mol. The van der Waals surface area contributed by atoms with Crippen molar-refractivity contribution in [3.8, 4) is 5.75 Å². The lowest BCUT2D eigenvalue weighted by Gasteiger charge is -2.28. The molecule has 1 heterocycles. The fourth-order valence-electron chi connectivity index (χ4n) is 1.57. The van der Waals surface area contributed by atoms with Crippen LogP contribution in [0.25, 0.3) is 0 Å². The van der Waals surface area contributed by atoms with Gasteiger partial charge in [-0.05, 0) is 33.6 Å². The third-order valence-electron chi connectivity index (χ3n) is 2.55. The first kappa shape index (κ1) is 10.7. The summed E-state index contributed by atoms with van der Waals surface area (Å²) in [6.07, 6.45) is 0. The third-order valence-corrected chi connectivity index (χ3v) is 3.16. The van der Waals surface area contributed by atoms with Crippen molar-refractivity contribution in [2.45, 2.75) is 5.92 Å². The molecule has 0 aromatic heterocycles. The molecule has 0 saturated carbocycles. The lowest BCUT2D eigenvalue weighted by molar-refractivity contribution is 0.268. The lowest BCUT2D eigenvalue weighted by atomic mass is 9.93. The molecule has 0 aliphatic carbocycles. The van der Waals surface area contributed by atoms with Gasteiger partial charge in [-0.15, -0.1) is 0 Å². The molecule has 2 rings (SSSR count). The van der Waals surface area contributed by atoms with Crippen LogP contribution in [0.15, 0.2) is 16.6 Å². The van der Waals surface area contributed by atoms with E-state index < -0.39 is 0 Å². The first-order valence-corrected chi connectivity index (χ1v) is 5.53. The number of hydrogen-bond acceptors (Lipinski definition) is 4. The van der Waals surface area contributed by atoms with Gasteiger partial charge in [0.05, 0.1) is 11.6 Å². The molecule has 1 aromatic carbocycles. The zero-order valence-electron chi connectivity index (χ0n) is 8.38. The smallest absolute Gasteiger partial charge is 0.155 e. The van der Waals surface area contributed by atoms with E-state index in [-0.39, 0.29) is 5.75 Å². The number of rotatable bonds is 3. The second kappa shape index (κ2) is 4.38. The van der Waals surface area contributed by atoms with E-state index in [1.807, 2.05) is 12.1 Å². The van der Waals surface area contributed by atoms with Crippen LogP contribution in [0.1, 0.15) is 11.5 Å². The molecule has 82 valence electrons. The average Bonchev–Trinajstić information content (AvgIpc) is 2.11. The fourth-order valence-corrected chi connectivity index (χ4v) is 2.05. The zero-order valence-corrected chi connectivity index (χ0v) is 9.97. The number of anilines is 1. The van der Waals surface area contributed by atoms with E-state index in [0.29, 0.717) is 16.1 Å². The van der Waals surface area contributed by atoms with Gasteiger partial charge in [0.15, 0.2) is 5.75 Å². The highest BCUT2D eigenvalue weighted by molar-refractivity contribution is 9.10. The van der Waals surface area contributed by atoms with Crippen LogP contribution in [-0.4, -0.2) is 25.3 Å². The molecule has 3 N–H and O–H groups in total. The Labute approximate surface area is 96.7 Å². The zero-order chi connectivity index (χ0) is 10.8. The molecule has 0 spiro atoms. The molecule has 15 heavy (non-hydrogen) atoms. The summed E-state index contributed by atoms with van der Waals surface area (Å²) in [5.41, 5.74) is 4.44. The molecule has 1 saturated heterocycles. The molecule has 1 fully saturated rings. The average molecular weight is 273 g/mol. The SMILES string of the molecule is CONc1cc(C2CNC2)cc(Br)c1O. The maximum Gasteiger partial charge on any atom is 0.155 e. The fraction of sp³-hybridized carbons (Fsp3) is 0.400. The first-order valence-electron chi connectivity index (χ1n) is 4.74. The van der Waals surface area contributed by atoms with Gasteiger partial charge in [-0.2, -0.15) is 0 Å². The minimum absolute atomic E-state index is 0.174. The van der Waals surface area contributed by atoms with Gasteiger partial charge >= 0.3 is 0 Å². The van der Waals surface area contributed by atoms with Gasteiger partial charge in [0.25, 0.3) is 0 Å². The Morgan fingerprint density at radius 1 is 1.53 bits per heavy atom. The highest BCUT2D eigenvalue weighted by atomic mass is 79.9. The molecular formula is C10H13BrN2O2. The molecule has 1 aliphatic heterocycles. The number of phenolic OH excluding ortho intramolecular Hbond substituents is 1. The minimum atomic E-state index is 0.174. The summed E-state index contributed by atoms with van der Waals surface area (Å²) in [6.45, 7) is 1.98. The minimum Gasteiger partial charge on any atom is -0.505 e. The molecule has 1 aliphatic rings. The van der Waals surface area contributed by atoms with Gasteiger partial charge in [0, 0.05) is 19.0 Å². The summed E-state index contributed by atoms with van der Waals surface area (Å²) >= 11 is 3.32. The van der Waals surface area contributed by atoms with E-state index >= 15 is 0 Å². The highest BCUT2D eigenvalue weighted by Gasteiger charge is 2.21. The number of benzene rings is 1. The number of hydrogen-bond donors (Lipinski definition) is 3. The summed E-state index contributed by atoms with van der Waals surface area (Å²) in [7, 11) is 1.52. The van der Waals surface area contributed by atoms with Crippen molar-refractivity contribution < 1.29 is 9.94 Å². The highest BCUT2D eigenvalue weighted by Crippen LogP contribution is 2.36. The summed E-state index contributed by atoms with van der Waals surface area (Å²) < 4.78 is 0.687. The van der Waals surface area contributed by atoms with Gasteiger partial charge in [0.2, 0.25) is 0 Å². The van der Waals surface area contributed by atoms with Gasteiger partial charge < -0.3 is 10.4 Å². The summed E-state index contributed by atoms with van der Waals surface area (Å²) in [6, 6.07) is 3.86. The van der Waals surface area contributed by atoms with Crippen LogP contribution in [0.3, 0.4) is 0 Å². The molecule has 4 nitrogen and oxygen atoms in total. The van der Waals surface area contributed by atoms with Crippen molar-refractivity contribution in [2.24, 2.45) is 0 Å². The number of nitrogens with one attached hydrogen (secondary N) is 2. The first-order chi connectivity index (χ1) is 7.22. The third kappa shape index (κ3) is 2.09. The van der Waals surface area contributed by atoms with Crippen molar-refractivity contribution in [3.05, 3.63) is 22.2 Å². The summed E-state index contributed by atoms with van der Waals surface area (Å²) in [5.74, 6) is 0.701. The number of halogens is 1. The normalized spacial score (nSPS) is 16.1. The maximum atomic E-state index is 9.72. The molecule has 0 atom stereocenters. The summed E-state index contributed by atoms with van der Waals surface area (Å²) in [5, 5.41) is 12.9. The van der Waals surface area contributed by atoms with E-state index in [9.17, 15) is 5.11 Å². The van der Waals surface area contributed by atoms with E-state index in [4.69, 9.17) is 4.84 Å².